The van der Waals surface area contributed by atoms with Crippen LogP contribution in [0.4, 0.5) is 0 Å². The van der Waals surface area contributed by atoms with E-state index in [-0.39, 0.29) is 29.5 Å². The molecule has 2 N–H and O–H groups in total. The van der Waals surface area contributed by atoms with Crippen molar-refractivity contribution < 1.29 is 19.1 Å². The van der Waals surface area contributed by atoms with Gasteiger partial charge in [-0.2, -0.15) is 0 Å². The number of hydrogen-bond donors (Lipinski definition) is 2. The molecule has 1 atom stereocenters. The predicted octanol–water partition coefficient (Wildman–Crippen LogP) is 3.28. The third-order valence-electron chi connectivity index (χ3n) is 6.00. The zero-order valence-electron chi connectivity index (χ0n) is 16.0. The minimum atomic E-state index is -0.536. The van der Waals surface area contributed by atoms with Gasteiger partial charge in [-0.05, 0) is 67.3 Å². The summed E-state index contributed by atoms with van der Waals surface area (Å²) in [5, 5.41) is 7.41. The lowest BCUT2D eigenvalue weighted by atomic mass is 9.44. The van der Waals surface area contributed by atoms with E-state index in [1.807, 2.05) is 6.07 Å². The van der Waals surface area contributed by atoms with Gasteiger partial charge < -0.3 is 20.1 Å². The second kappa shape index (κ2) is 7.06. The first kappa shape index (κ1) is 19.5. The van der Waals surface area contributed by atoms with Crippen molar-refractivity contribution in [1.82, 2.24) is 10.6 Å². The molecule has 156 valence electrons. The van der Waals surface area contributed by atoms with Gasteiger partial charge in [-0.25, -0.2) is 0 Å². The number of rotatable bonds is 6. The normalized spacial score (nSPS) is 27.7. The molecule has 1 unspecified atom stereocenters. The molecule has 8 heteroatoms. The van der Waals surface area contributed by atoms with Crippen molar-refractivity contribution in [3.05, 3.63) is 58.1 Å². The molecule has 1 heterocycles. The van der Waals surface area contributed by atoms with Crippen LogP contribution in [0, 0.1) is 0 Å². The third-order valence-corrected chi connectivity index (χ3v) is 6.48. The summed E-state index contributed by atoms with van der Waals surface area (Å²) in [6.07, 6.45) is 2.16. The van der Waals surface area contributed by atoms with Crippen molar-refractivity contribution >= 4 is 35.0 Å². The summed E-state index contributed by atoms with van der Waals surface area (Å²) >= 11 is 11.8. The number of benzene rings is 2. The highest BCUT2D eigenvalue weighted by Crippen LogP contribution is 2.60. The van der Waals surface area contributed by atoms with Crippen LogP contribution < -0.4 is 20.1 Å². The number of ether oxygens (including phenoxy) is 2. The van der Waals surface area contributed by atoms with Gasteiger partial charge in [0.1, 0.15) is 11.5 Å². The lowest BCUT2D eigenvalue weighted by molar-refractivity contribution is -0.153. The fourth-order valence-corrected chi connectivity index (χ4v) is 5.09. The molecule has 0 aromatic heterocycles. The van der Waals surface area contributed by atoms with Crippen LogP contribution in [-0.4, -0.2) is 35.6 Å². The standard InChI is InChI=1S/C22H20Cl2N2O4/c23-14-1-4-16(5-2-14)29-9-19(27)25-21-10-22(11-21,12-21)26-20(28)18-8-13-7-15(24)3-6-17(13)30-18/h1-7,18H,8-12H2,(H,25,27)(H,26,28). The van der Waals surface area contributed by atoms with Crippen LogP contribution in [0.25, 0.3) is 0 Å². The van der Waals surface area contributed by atoms with Crippen molar-refractivity contribution in [2.24, 2.45) is 0 Å². The Morgan fingerprint density at radius 1 is 1.00 bits per heavy atom. The molecule has 30 heavy (non-hydrogen) atoms. The molecular weight excluding hydrogens is 427 g/mol. The monoisotopic (exact) mass is 446 g/mol. The van der Waals surface area contributed by atoms with Crippen LogP contribution in [0.2, 0.25) is 10.0 Å². The second-order valence-electron chi connectivity index (χ2n) is 8.43. The zero-order valence-corrected chi connectivity index (χ0v) is 17.6. The summed E-state index contributed by atoms with van der Waals surface area (Å²) in [5.41, 5.74) is 0.474. The number of carbonyl (C=O) groups is 2. The summed E-state index contributed by atoms with van der Waals surface area (Å²) in [6, 6.07) is 12.2. The number of amides is 2. The van der Waals surface area contributed by atoms with Gasteiger partial charge in [0.2, 0.25) is 0 Å². The smallest absolute Gasteiger partial charge is 0.261 e. The molecule has 0 saturated heterocycles. The maximum Gasteiger partial charge on any atom is 0.261 e. The Labute approximate surface area is 183 Å². The molecule has 0 spiro atoms. The average molecular weight is 447 g/mol. The van der Waals surface area contributed by atoms with Crippen LogP contribution in [0.1, 0.15) is 24.8 Å². The van der Waals surface area contributed by atoms with Crippen molar-refractivity contribution in [2.45, 2.75) is 42.9 Å². The Morgan fingerprint density at radius 2 is 1.67 bits per heavy atom. The minimum absolute atomic E-state index is 0.0561. The summed E-state index contributed by atoms with van der Waals surface area (Å²) in [6.45, 7) is -0.0561. The van der Waals surface area contributed by atoms with Crippen LogP contribution in [0.15, 0.2) is 42.5 Å². The fourth-order valence-electron chi connectivity index (χ4n) is 4.77. The van der Waals surface area contributed by atoms with Gasteiger partial charge in [0, 0.05) is 27.5 Å². The first-order valence-electron chi connectivity index (χ1n) is 9.80. The zero-order chi connectivity index (χ0) is 20.9. The van der Waals surface area contributed by atoms with Crippen molar-refractivity contribution in [3.8, 4) is 11.5 Å². The molecule has 2 amide bonds. The van der Waals surface area contributed by atoms with Crippen LogP contribution in [0.3, 0.4) is 0 Å². The van der Waals surface area contributed by atoms with Gasteiger partial charge >= 0.3 is 0 Å². The first-order valence-corrected chi connectivity index (χ1v) is 10.6. The number of nitrogens with one attached hydrogen (secondary N) is 2. The van der Waals surface area contributed by atoms with E-state index in [0.717, 1.165) is 24.8 Å². The Bertz CT molecular complexity index is 1000. The third kappa shape index (κ3) is 3.59. The van der Waals surface area contributed by atoms with Crippen molar-refractivity contribution in [1.29, 1.82) is 0 Å². The van der Waals surface area contributed by atoms with Crippen molar-refractivity contribution in [2.75, 3.05) is 6.61 Å². The summed E-state index contributed by atoms with van der Waals surface area (Å²) in [5.74, 6) is 1.01. The molecule has 2 aromatic carbocycles. The van der Waals surface area contributed by atoms with E-state index in [9.17, 15) is 9.59 Å². The van der Waals surface area contributed by atoms with Gasteiger partial charge in [-0.15, -0.1) is 0 Å². The molecule has 3 fully saturated rings. The molecular formula is C22H20Cl2N2O4. The Kier molecular flexibility index (Phi) is 4.60. The summed E-state index contributed by atoms with van der Waals surface area (Å²) in [4.78, 5) is 24.9. The molecule has 2 bridgehead atoms. The SMILES string of the molecule is O=C(COc1ccc(Cl)cc1)NC12CC(NC(=O)C3Cc4cc(Cl)ccc4O3)(C1)C2. The lowest BCUT2D eigenvalue weighted by Gasteiger charge is -2.70. The van der Waals surface area contributed by atoms with Crippen LogP contribution >= 0.6 is 23.2 Å². The predicted molar refractivity (Wildman–Crippen MR) is 112 cm³/mol. The van der Waals surface area contributed by atoms with Gasteiger partial charge in [0.15, 0.2) is 12.7 Å². The molecule has 0 radical (unpaired) electrons. The number of halogens is 2. The van der Waals surface area contributed by atoms with E-state index < -0.39 is 6.10 Å². The molecule has 4 aliphatic rings. The van der Waals surface area contributed by atoms with Gasteiger partial charge in [-0.1, -0.05) is 23.2 Å². The Balaban J connectivity index is 1.08. The maximum atomic E-state index is 12.7. The Hall–Kier alpha value is -2.44. The summed E-state index contributed by atoms with van der Waals surface area (Å²) in [7, 11) is 0. The van der Waals surface area contributed by atoms with Crippen molar-refractivity contribution in [3.63, 3.8) is 0 Å². The first-order chi connectivity index (χ1) is 14.3. The van der Waals surface area contributed by atoms with Gasteiger partial charge in [0.05, 0.1) is 0 Å². The largest absolute Gasteiger partial charge is 0.484 e. The topological polar surface area (TPSA) is 76.7 Å². The highest BCUT2D eigenvalue weighted by Gasteiger charge is 2.69. The van der Waals surface area contributed by atoms with Crippen LogP contribution in [-0.2, 0) is 16.0 Å². The number of fused-ring (bicyclic) bond motifs is 1. The minimum Gasteiger partial charge on any atom is -0.484 e. The molecule has 1 aliphatic heterocycles. The van der Waals surface area contributed by atoms with E-state index in [2.05, 4.69) is 10.6 Å². The number of carbonyl (C=O) groups excluding carboxylic acids is 2. The quantitative estimate of drug-likeness (QED) is 0.713. The van der Waals surface area contributed by atoms with Crippen LogP contribution in [0.5, 0.6) is 11.5 Å². The molecule has 2 aromatic rings. The lowest BCUT2D eigenvalue weighted by Crippen LogP contribution is -2.84. The van der Waals surface area contributed by atoms with E-state index in [4.69, 9.17) is 32.7 Å². The van der Waals surface area contributed by atoms with E-state index in [0.29, 0.717) is 28.0 Å². The summed E-state index contributed by atoms with van der Waals surface area (Å²) < 4.78 is 11.2. The van der Waals surface area contributed by atoms with Gasteiger partial charge in [0.25, 0.3) is 11.8 Å². The second-order valence-corrected chi connectivity index (χ2v) is 9.31. The molecule has 6 nitrogen and oxygen atoms in total. The molecule has 3 aliphatic carbocycles. The highest BCUT2D eigenvalue weighted by molar-refractivity contribution is 6.30. The van der Waals surface area contributed by atoms with E-state index in [1.165, 1.54) is 0 Å². The molecule has 6 rings (SSSR count). The van der Waals surface area contributed by atoms with E-state index in [1.54, 1.807) is 36.4 Å². The van der Waals surface area contributed by atoms with E-state index >= 15 is 0 Å². The fraction of sp³-hybridized carbons (Fsp3) is 0.364. The number of hydrogen-bond acceptors (Lipinski definition) is 4. The average Bonchev–Trinajstić information content (AvgIpc) is 3.08. The molecule has 3 saturated carbocycles. The maximum absolute atomic E-state index is 12.7. The Morgan fingerprint density at radius 3 is 2.40 bits per heavy atom. The van der Waals surface area contributed by atoms with Gasteiger partial charge in [-0.3, -0.25) is 9.59 Å². The highest BCUT2D eigenvalue weighted by atomic mass is 35.5.